The second kappa shape index (κ2) is 8.36. The molecule has 0 saturated carbocycles. The maximum absolute atomic E-state index is 13.5. The smallest absolute Gasteiger partial charge is 0.254 e. The summed E-state index contributed by atoms with van der Waals surface area (Å²) < 4.78 is 4.01. The van der Waals surface area contributed by atoms with E-state index < -0.39 is 0 Å². The highest BCUT2D eigenvalue weighted by Gasteiger charge is 2.20. The molecule has 0 N–H and O–H groups in total. The Kier molecular flexibility index (Phi) is 5.64. The summed E-state index contributed by atoms with van der Waals surface area (Å²) in [5.41, 5.74) is 4.44. The summed E-state index contributed by atoms with van der Waals surface area (Å²) in [4.78, 5) is 19.8. The number of aryl methyl sites for hydroxylation is 1. The van der Waals surface area contributed by atoms with Crippen molar-refractivity contribution in [3.05, 3.63) is 89.0 Å². The predicted molar refractivity (Wildman–Crippen MR) is 121 cm³/mol. The van der Waals surface area contributed by atoms with Crippen molar-refractivity contribution < 1.29 is 4.79 Å². The van der Waals surface area contributed by atoms with Gasteiger partial charge in [-0.3, -0.25) is 4.79 Å². The molecule has 0 fully saturated rings. The van der Waals surface area contributed by atoms with Gasteiger partial charge in [0, 0.05) is 37.1 Å². The van der Waals surface area contributed by atoms with Gasteiger partial charge in [0.05, 0.1) is 17.6 Å². The predicted octanol–water partition coefficient (Wildman–Crippen LogP) is 5.45. The molecule has 4 aromatic rings. The summed E-state index contributed by atoms with van der Waals surface area (Å²) in [7, 11) is 1.99. The number of benzene rings is 2. The van der Waals surface area contributed by atoms with Gasteiger partial charge in [-0.1, -0.05) is 30.3 Å². The van der Waals surface area contributed by atoms with E-state index in [1.54, 1.807) is 0 Å². The number of halogens is 1. The topological polar surface area (TPSA) is 43.1 Å². The molecule has 0 bridgehead atoms. The quantitative estimate of drug-likeness (QED) is 0.416. The van der Waals surface area contributed by atoms with E-state index in [1.165, 1.54) is 0 Å². The normalized spacial score (nSPS) is 11.4. The van der Waals surface area contributed by atoms with E-state index in [-0.39, 0.29) is 11.9 Å². The van der Waals surface area contributed by atoms with Gasteiger partial charge in [0.25, 0.3) is 5.91 Å². The second-order valence-corrected chi connectivity index (χ2v) is 8.14. The molecule has 30 heavy (non-hydrogen) atoms. The van der Waals surface area contributed by atoms with E-state index >= 15 is 0 Å². The van der Waals surface area contributed by atoms with Crippen molar-refractivity contribution in [3.63, 3.8) is 0 Å². The molecule has 0 aliphatic carbocycles. The van der Waals surface area contributed by atoms with Crippen molar-refractivity contribution in [2.45, 2.75) is 33.0 Å². The van der Waals surface area contributed by atoms with Crippen LogP contribution in [0.3, 0.4) is 0 Å². The highest BCUT2D eigenvalue weighted by atomic mass is 35.5. The lowest BCUT2D eigenvalue weighted by atomic mass is 10.1. The molecule has 1 amide bonds. The molecular weight excluding hydrogens is 396 g/mol. The average Bonchev–Trinajstić information content (AvgIpc) is 3.28. The number of aromatic nitrogens is 3. The number of hydrogen-bond acceptors (Lipinski definition) is 2. The van der Waals surface area contributed by atoms with Crippen LogP contribution in [0.2, 0.25) is 5.28 Å². The summed E-state index contributed by atoms with van der Waals surface area (Å²) in [5, 5.41) is 0.439. The number of imidazole rings is 1. The van der Waals surface area contributed by atoms with Crippen molar-refractivity contribution in [1.82, 2.24) is 19.0 Å². The maximum Gasteiger partial charge on any atom is 0.254 e. The van der Waals surface area contributed by atoms with Crippen LogP contribution in [0.25, 0.3) is 11.0 Å². The zero-order valence-corrected chi connectivity index (χ0v) is 18.2. The Balaban J connectivity index is 1.69. The lowest BCUT2D eigenvalue weighted by molar-refractivity contribution is 0.0726. The Morgan fingerprint density at radius 3 is 2.50 bits per heavy atom. The van der Waals surface area contributed by atoms with Crippen LogP contribution in [-0.4, -0.2) is 24.9 Å². The molecular formula is C24H25ClN4O. The van der Waals surface area contributed by atoms with Crippen molar-refractivity contribution in [2.24, 2.45) is 7.05 Å². The summed E-state index contributed by atoms with van der Waals surface area (Å²) in [6.07, 6.45) is 1.99. The Bertz CT molecular complexity index is 1180. The lowest BCUT2D eigenvalue weighted by Gasteiger charge is -2.23. The fourth-order valence-electron chi connectivity index (χ4n) is 3.74. The molecule has 0 spiro atoms. The third kappa shape index (κ3) is 3.98. The maximum atomic E-state index is 13.5. The third-order valence-electron chi connectivity index (χ3n) is 5.32. The van der Waals surface area contributed by atoms with Gasteiger partial charge >= 0.3 is 0 Å². The van der Waals surface area contributed by atoms with Gasteiger partial charge in [-0.25, -0.2) is 4.98 Å². The molecule has 0 atom stereocenters. The van der Waals surface area contributed by atoms with Gasteiger partial charge in [0.1, 0.15) is 0 Å². The highest BCUT2D eigenvalue weighted by molar-refractivity contribution is 6.29. The summed E-state index contributed by atoms with van der Waals surface area (Å²) >= 11 is 6.33. The fourth-order valence-corrected chi connectivity index (χ4v) is 4.11. The highest BCUT2D eigenvalue weighted by Crippen LogP contribution is 2.26. The molecule has 2 aromatic heterocycles. The van der Waals surface area contributed by atoms with Gasteiger partial charge < -0.3 is 14.0 Å². The van der Waals surface area contributed by atoms with Crippen LogP contribution in [0.5, 0.6) is 0 Å². The van der Waals surface area contributed by atoms with Crippen LogP contribution < -0.4 is 0 Å². The minimum atomic E-state index is -0.0304. The monoisotopic (exact) mass is 420 g/mol. The first-order valence-electron chi connectivity index (χ1n) is 10.0. The second-order valence-electron chi connectivity index (χ2n) is 7.81. The molecule has 0 saturated heterocycles. The van der Waals surface area contributed by atoms with E-state index in [0.717, 1.165) is 22.3 Å². The number of carbonyl (C=O) groups excluding carboxylic acids is 1. The molecule has 6 heteroatoms. The standard InChI is InChI=1S/C24H25ClN4O/c1-17(2)29-22-12-11-19(14-21(22)26-24(29)25)23(30)28(15-18-8-5-4-6-9-18)16-20-10-7-13-27(20)3/h4-14,17H,15-16H2,1-3H3. The van der Waals surface area contributed by atoms with Crippen molar-refractivity contribution in [3.8, 4) is 0 Å². The molecule has 2 aromatic carbocycles. The lowest BCUT2D eigenvalue weighted by Crippen LogP contribution is -2.30. The van der Waals surface area contributed by atoms with Crippen molar-refractivity contribution in [1.29, 1.82) is 0 Å². The number of amides is 1. The molecule has 0 unspecified atom stereocenters. The number of carbonyl (C=O) groups is 1. The van der Waals surface area contributed by atoms with Gasteiger partial charge in [-0.15, -0.1) is 0 Å². The molecule has 0 aliphatic heterocycles. The molecule has 5 nitrogen and oxygen atoms in total. The minimum Gasteiger partial charge on any atom is -0.353 e. The summed E-state index contributed by atoms with van der Waals surface area (Å²) in [6, 6.07) is 19.9. The number of rotatable bonds is 6. The SMILES string of the molecule is CC(C)n1c(Cl)nc2cc(C(=O)N(Cc3ccccc3)Cc3cccn3C)ccc21. The molecule has 0 aliphatic rings. The van der Waals surface area contributed by atoms with Crippen molar-refractivity contribution >= 4 is 28.5 Å². The van der Waals surface area contributed by atoms with E-state index in [0.29, 0.717) is 23.9 Å². The number of fused-ring (bicyclic) bond motifs is 1. The zero-order valence-electron chi connectivity index (χ0n) is 17.4. The van der Waals surface area contributed by atoms with E-state index in [2.05, 4.69) is 18.8 Å². The molecule has 2 heterocycles. The summed E-state index contributed by atoms with van der Waals surface area (Å²) in [6.45, 7) is 5.18. The molecule has 0 radical (unpaired) electrons. The minimum absolute atomic E-state index is 0.0304. The fraction of sp³-hybridized carbons (Fsp3) is 0.250. The van der Waals surface area contributed by atoms with Crippen LogP contribution in [0.4, 0.5) is 0 Å². The Morgan fingerprint density at radius 1 is 1.07 bits per heavy atom. The van der Waals surface area contributed by atoms with E-state index in [1.807, 2.05) is 87.9 Å². The van der Waals surface area contributed by atoms with Crippen LogP contribution in [-0.2, 0) is 20.1 Å². The van der Waals surface area contributed by atoms with Crippen LogP contribution in [0.15, 0.2) is 66.9 Å². The first-order valence-corrected chi connectivity index (χ1v) is 10.4. The third-order valence-corrected chi connectivity index (χ3v) is 5.58. The molecule has 154 valence electrons. The van der Waals surface area contributed by atoms with E-state index in [4.69, 9.17) is 11.6 Å². The van der Waals surface area contributed by atoms with Crippen LogP contribution in [0.1, 0.15) is 41.5 Å². The van der Waals surface area contributed by atoms with Crippen LogP contribution >= 0.6 is 11.6 Å². The van der Waals surface area contributed by atoms with Gasteiger partial charge in [0.2, 0.25) is 5.28 Å². The first-order chi connectivity index (χ1) is 14.4. The Hall–Kier alpha value is -3.05. The Morgan fingerprint density at radius 2 is 1.83 bits per heavy atom. The van der Waals surface area contributed by atoms with Gasteiger partial charge in [-0.05, 0) is 61.3 Å². The summed E-state index contributed by atoms with van der Waals surface area (Å²) in [5.74, 6) is -0.0304. The van der Waals surface area contributed by atoms with E-state index in [9.17, 15) is 4.79 Å². The number of hydrogen-bond donors (Lipinski definition) is 0. The largest absolute Gasteiger partial charge is 0.353 e. The van der Waals surface area contributed by atoms with Gasteiger partial charge in [-0.2, -0.15) is 0 Å². The van der Waals surface area contributed by atoms with Crippen LogP contribution in [0, 0.1) is 0 Å². The van der Waals surface area contributed by atoms with Crippen molar-refractivity contribution in [2.75, 3.05) is 0 Å². The van der Waals surface area contributed by atoms with Gasteiger partial charge in [0.15, 0.2) is 0 Å². The Labute approximate surface area is 181 Å². The zero-order chi connectivity index (χ0) is 21.3. The first kappa shape index (κ1) is 20.2. The molecule has 4 rings (SSSR count). The number of nitrogens with zero attached hydrogens (tertiary/aromatic N) is 4. The average molecular weight is 421 g/mol.